The second kappa shape index (κ2) is 18.0. The molecule has 0 atom stereocenters. The van der Waals surface area contributed by atoms with Crippen LogP contribution in [0.1, 0.15) is 125 Å². The summed E-state index contributed by atoms with van der Waals surface area (Å²) >= 11 is 0. The summed E-state index contributed by atoms with van der Waals surface area (Å²) in [5.74, 6) is 0. The molecule has 5 heteroatoms. The summed E-state index contributed by atoms with van der Waals surface area (Å²) in [4.78, 5) is 29.1. The average Bonchev–Trinajstić information content (AvgIpc) is 2.80. The van der Waals surface area contributed by atoms with E-state index in [0.717, 1.165) is 45.6 Å². The van der Waals surface area contributed by atoms with Crippen molar-refractivity contribution in [3.63, 3.8) is 0 Å². The second-order valence-corrected chi connectivity index (χ2v) is 11.8. The molecule has 0 aliphatic heterocycles. The topological polar surface area (TPSA) is 52.6 Å². The van der Waals surface area contributed by atoms with E-state index in [9.17, 15) is 9.59 Å². The van der Waals surface area contributed by atoms with Gasteiger partial charge in [0.1, 0.15) is 11.4 Å². The molecule has 0 unspecified atom stereocenters. The number of anilines is 2. The van der Waals surface area contributed by atoms with Gasteiger partial charge in [0.05, 0.1) is 0 Å². The number of unbranched alkanes of at least 4 members (excludes halogenated alkanes) is 10. The molecule has 0 aliphatic rings. The minimum atomic E-state index is -0.346. The monoisotopic (exact) mass is 491 g/mol. The largest absolute Gasteiger partial charge is 0.379 e. The van der Waals surface area contributed by atoms with E-state index in [1.807, 2.05) is 11.9 Å². The third-order valence-corrected chi connectivity index (χ3v) is 7.07. The number of hydrogen-bond acceptors (Lipinski definition) is 5. The van der Waals surface area contributed by atoms with Crippen molar-refractivity contribution in [3.05, 3.63) is 20.4 Å². The fourth-order valence-electron chi connectivity index (χ4n) is 4.77. The van der Waals surface area contributed by atoms with Gasteiger partial charge in [0.2, 0.25) is 0 Å². The molecular formula is C30H57N3O2. The van der Waals surface area contributed by atoms with Crippen LogP contribution < -0.4 is 21.1 Å². The van der Waals surface area contributed by atoms with Gasteiger partial charge in [-0.05, 0) is 44.2 Å². The van der Waals surface area contributed by atoms with Crippen molar-refractivity contribution >= 4 is 11.4 Å². The lowest BCUT2D eigenvalue weighted by atomic mass is 9.90. The van der Waals surface area contributed by atoms with Gasteiger partial charge in [-0.15, -0.1) is 0 Å². The van der Waals surface area contributed by atoms with Crippen LogP contribution >= 0.6 is 0 Å². The molecule has 0 aromatic heterocycles. The Hall–Kier alpha value is -1.36. The van der Waals surface area contributed by atoms with Crippen molar-refractivity contribution < 1.29 is 0 Å². The van der Waals surface area contributed by atoms with Gasteiger partial charge < -0.3 is 15.1 Å². The molecule has 1 rings (SSSR count). The number of nitrogens with one attached hydrogen (secondary N) is 1. The van der Waals surface area contributed by atoms with Crippen LogP contribution in [0.4, 0.5) is 11.4 Å². The van der Waals surface area contributed by atoms with Crippen molar-refractivity contribution in [2.75, 3.05) is 50.0 Å². The van der Waals surface area contributed by atoms with Crippen LogP contribution in [-0.4, -0.2) is 44.7 Å². The Morgan fingerprint density at radius 1 is 0.657 bits per heavy atom. The summed E-state index contributed by atoms with van der Waals surface area (Å²) in [5, 5.41) is 3.33. The van der Waals surface area contributed by atoms with Gasteiger partial charge in [-0.25, -0.2) is 0 Å². The van der Waals surface area contributed by atoms with E-state index >= 15 is 0 Å². The molecular weight excluding hydrogens is 434 g/mol. The van der Waals surface area contributed by atoms with Gasteiger partial charge in [-0.2, -0.15) is 0 Å². The number of nitrogens with zero attached hydrogens (tertiary/aromatic N) is 2. The normalized spacial score (nSPS) is 12.1. The molecule has 5 nitrogen and oxygen atoms in total. The molecule has 0 radical (unpaired) electrons. The van der Waals surface area contributed by atoms with Gasteiger partial charge in [-0.1, -0.05) is 98.8 Å². The molecule has 1 aromatic carbocycles. The molecule has 0 fully saturated rings. The van der Waals surface area contributed by atoms with E-state index in [1.165, 1.54) is 77.0 Å². The number of hydrogen-bond donors (Lipinski definition) is 1. The first-order valence-electron chi connectivity index (χ1n) is 14.7. The molecule has 0 amide bonds. The van der Waals surface area contributed by atoms with Gasteiger partial charge in [0.25, 0.3) is 10.9 Å². The molecule has 204 valence electrons. The van der Waals surface area contributed by atoms with Gasteiger partial charge in [0, 0.05) is 26.7 Å². The summed E-state index contributed by atoms with van der Waals surface area (Å²) in [6, 6.07) is 0. The Kier molecular flexibility index (Phi) is 16.3. The summed E-state index contributed by atoms with van der Waals surface area (Å²) in [5.41, 5.74) is 0.725. The SMILES string of the molecule is CCCCCCCCN(CCCCCCCC)CCNc1c(N(C)CCCC(C)(C)C)c(=O)c1=O. The molecule has 1 aromatic rings. The van der Waals surface area contributed by atoms with Crippen molar-refractivity contribution in [3.8, 4) is 0 Å². The summed E-state index contributed by atoms with van der Waals surface area (Å²) in [7, 11) is 1.94. The molecule has 35 heavy (non-hydrogen) atoms. The van der Waals surface area contributed by atoms with Gasteiger partial charge in [-0.3, -0.25) is 9.59 Å². The van der Waals surface area contributed by atoms with E-state index in [4.69, 9.17) is 0 Å². The highest BCUT2D eigenvalue weighted by Crippen LogP contribution is 2.23. The zero-order valence-corrected chi connectivity index (χ0v) is 24.1. The summed E-state index contributed by atoms with van der Waals surface area (Å²) in [6.45, 7) is 16.0. The first-order valence-corrected chi connectivity index (χ1v) is 14.7. The molecule has 0 saturated carbocycles. The first kappa shape index (κ1) is 31.7. The molecule has 1 N–H and O–H groups in total. The lowest BCUT2D eigenvalue weighted by Gasteiger charge is -2.27. The third-order valence-electron chi connectivity index (χ3n) is 7.07. The van der Waals surface area contributed by atoms with Crippen molar-refractivity contribution in [2.24, 2.45) is 5.41 Å². The molecule has 0 saturated heterocycles. The van der Waals surface area contributed by atoms with E-state index in [2.05, 4.69) is 44.8 Å². The number of rotatable bonds is 22. The smallest absolute Gasteiger partial charge is 0.253 e. The van der Waals surface area contributed by atoms with Crippen LogP contribution in [0.25, 0.3) is 0 Å². The maximum absolute atomic E-state index is 12.3. The van der Waals surface area contributed by atoms with Crippen LogP contribution in [0.3, 0.4) is 0 Å². The van der Waals surface area contributed by atoms with E-state index < -0.39 is 0 Å². The maximum atomic E-state index is 12.3. The van der Waals surface area contributed by atoms with Crippen LogP contribution in [0.5, 0.6) is 0 Å². The maximum Gasteiger partial charge on any atom is 0.253 e. The molecule has 0 aliphatic carbocycles. The fourth-order valence-corrected chi connectivity index (χ4v) is 4.77. The van der Waals surface area contributed by atoms with Crippen LogP contribution in [-0.2, 0) is 0 Å². The van der Waals surface area contributed by atoms with E-state index in [0.29, 0.717) is 11.4 Å². The zero-order chi connectivity index (χ0) is 26.1. The van der Waals surface area contributed by atoms with Crippen molar-refractivity contribution in [1.29, 1.82) is 0 Å². The quantitative estimate of drug-likeness (QED) is 0.140. The van der Waals surface area contributed by atoms with Crippen LogP contribution in [0.15, 0.2) is 9.59 Å². The van der Waals surface area contributed by atoms with E-state index in [1.54, 1.807) is 0 Å². The highest BCUT2D eigenvalue weighted by Gasteiger charge is 2.24. The lowest BCUT2D eigenvalue weighted by Crippen LogP contribution is -2.42. The predicted molar refractivity (Wildman–Crippen MR) is 155 cm³/mol. The fraction of sp³-hybridized carbons (Fsp3) is 0.867. The highest BCUT2D eigenvalue weighted by atomic mass is 16.2. The highest BCUT2D eigenvalue weighted by molar-refractivity contribution is 5.74. The van der Waals surface area contributed by atoms with Gasteiger partial charge in [0.15, 0.2) is 0 Å². The Morgan fingerprint density at radius 2 is 1.17 bits per heavy atom. The minimum Gasteiger partial charge on any atom is -0.379 e. The molecule has 0 heterocycles. The van der Waals surface area contributed by atoms with Crippen LogP contribution in [0.2, 0.25) is 0 Å². The molecule has 0 spiro atoms. The van der Waals surface area contributed by atoms with Crippen LogP contribution in [0, 0.1) is 5.41 Å². The minimum absolute atomic E-state index is 0.283. The second-order valence-electron chi connectivity index (χ2n) is 11.8. The van der Waals surface area contributed by atoms with Crippen molar-refractivity contribution in [2.45, 2.75) is 125 Å². The van der Waals surface area contributed by atoms with Gasteiger partial charge >= 0.3 is 0 Å². The summed E-state index contributed by atoms with van der Waals surface area (Å²) < 4.78 is 0. The Labute approximate surface area is 216 Å². The predicted octanol–water partition coefficient (Wildman–Crippen LogP) is 6.98. The first-order chi connectivity index (χ1) is 16.7. The van der Waals surface area contributed by atoms with Crippen molar-refractivity contribution in [1.82, 2.24) is 4.90 Å². The van der Waals surface area contributed by atoms with E-state index in [-0.39, 0.29) is 16.3 Å². The molecule has 0 bridgehead atoms. The third kappa shape index (κ3) is 13.5. The zero-order valence-electron chi connectivity index (χ0n) is 24.1. The Bertz CT molecular complexity index is 715. The standard InChI is InChI=1S/C30H57N3O2/c1-7-9-11-13-15-17-23-33(24-18-16-14-12-10-8-2)25-21-31-26-27(29(35)28(26)34)32(6)22-19-20-30(3,4)5/h31H,7-25H2,1-6H3. The Balaban J connectivity index is 2.52. The average molecular weight is 492 g/mol. The lowest BCUT2D eigenvalue weighted by molar-refractivity contribution is 0.269. The summed E-state index contributed by atoms with van der Waals surface area (Å²) in [6.07, 6.45) is 17.9. The Morgan fingerprint density at radius 3 is 1.69 bits per heavy atom.